The number of halogens is 2. The van der Waals surface area contributed by atoms with Crippen LogP contribution in [0.5, 0.6) is 0 Å². The van der Waals surface area contributed by atoms with Crippen molar-refractivity contribution in [2.45, 2.75) is 31.2 Å². The molecule has 0 saturated carbocycles. The number of pyridine rings is 1. The van der Waals surface area contributed by atoms with E-state index < -0.39 is 42.5 Å². The largest absolute Gasteiger partial charge is 0.394 e. The molecule has 3 amide bonds. The van der Waals surface area contributed by atoms with Crippen LogP contribution in [-0.2, 0) is 16.1 Å². The molecular formula is C21H22F2N4O4. The van der Waals surface area contributed by atoms with Gasteiger partial charge < -0.3 is 25.8 Å². The average Bonchev–Trinajstić information content (AvgIpc) is 2.76. The van der Waals surface area contributed by atoms with Gasteiger partial charge in [-0.25, -0.2) is 13.6 Å². The molecule has 1 aliphatic heterocycles. The van der Waals surface area contributed by atoms with Crippen LogP contribution in [0, 0.1) is 11.6 Å². The second-order valence-electron chi connectivity index (χ2n) is 6.83. The number of benzene rings is 1. The molecule has 0 bridgehead atoms. The van der Waals surface area contributed by atoms with E-state index >= 15 is 0 Å². The van der Waals surface area contributed by atoms with Gasteiger partial charge in [-0.1, -0.05) is 18.2 Å². The maximum Gasteiger partial charge on any atom is 0.319 e. The number of nitrogens with zero attached hydrogens (tertiary/aromatic N) is 1. The van der Waals surface area contributed by atoms with Crippen molar-refractivity contribution in [1.82, 2.24) is 15.6 Å². The molecule has 0 spiro atoms. The average molecular weight is 432 g/mol. The zero-order valence-electron chi connectivity index (χ0n) is 16.4. The topological polar surface area (TPSA) is 113 Å². The van der Waals surface area contributed by atoms with Gasteiger partial charge >= 0.3 is 6.03 Å². The molecule has 2 heterocycles. The summed E-state index contributed by atoms with van der Waals surface area (Å²) in [6, 6.07) is 6.54. The number of carbonyl (C=O) groups excluding carboxylic acids is 2. The predicted molar refractivity (Wildman–Crippen MR) is 108 cm³/mol. The molecule has 0 fully saturated rings. The van der Waals surface area contributed by atoms with E-state index in [0.29, 0.717) is 5.69 Å². The summed E-state index contributed by atoms with van der Waals surface area (Å²) in [4.78, 5) is 28.4. The van der Waals surface area contributed by atoms with Crippen molar-refractivity contribution in [2.75, 3.05) is 11.9 Å². The van der Waals surface area contributed by atoms with Crippen LogP contribution >= 0.6 is 0 Å². The van der Waals surface area contributed by atoms with E-state index in [2.05, 4.69) is 20.9 Å². The molecule has 1 aromatic heterocycles. The van der Waals surface area contributed by atoms with Crippen molar-refractivity contribution in [1.29, 1.82) is 0 Å². The van der Waals surface area contributed by atoms with Gasteiger partial charge in [-0.2, -0.15) is 0 Å². The minimum absolute atomic E-state index is 0.0211. The van der Waals surface area contributed by atoms with E-state index in [9.17, 15) is 23.5 Å². The third-order valence-corrected chi connectivity index (χ3v) is 4.52. The molecule has 0 aliphatic carbocycles. The van der Waals surface area contributed by atoms with Gasteiger partial charge in [-0.15, -0.1) is 0 Å². The van der Waals surface area contributed by atoms with Crippen molar-refractivity contribution in [2.24, 2.45) is 0 Å². The smallest absolute Gasteiger partial charge is 0.319 e. The first-order valence-electron chi connectivity index (χ1n) is 9.58. The van der Waals surface area contributed by atoms with Gasteiger partial charge in [0.15, 0.2) is 0 Å². The van der Waals surface area contributed by atoms with E-state index in [0.717, 1.165) is 18.2 Å². The number of hydrogen-bond acceptors (Lipinski definition) is 5. The van der Waals surface area contributed by atoms with Crippen LogP contribution in [0.25, 0.3) is 0 Å². The van der Waals surface area contributed by atoms with Crippen LogP contribution in [0.2, 0.25) is 0 Å². The first kappa shape index (κ1) is 22.3. The highest BCUT2D eigenvalue weighted by molar-refractivity contribution is 5.89. The molecule has 1 aromatic carbocycles. The number of urea groups is 1. The Hall–Kier alpha value is -3.37. The van der Waals surface area contributed by atoms with E-state index in [-0.39, 0.29) is 24.6 Å². The number of anilines is 1. The molecule has 0 saturated heterocycles. The summed E-state index contributed by atoms with van der Waals surface area (Å²) in [5.74, 6) is -1.75. The second-order valence-corrected chi connectivity index (χ2v) is 6.83. The highest BCUT2D eigenvalue weighted by atomic mass is 19.1. The number of nitrogens with one attached hydrogen (secondary N) is 3. The molecule has 31 heavy (non-hydrogen) atoms. The van der Waals surface area contributed by atoms with Crippen LogP contribution in [0.1, 0.15) is 12.1 Å². The molecule has 4 N–H and O–H groups in total. The minimum atomic E-state index is -0.818. The van der Waals surface area contributed by atoms with Gasteiger partial charge in [-0.05, 0) is 24.3 Å². The lowest BCUT2D eigenvalue weighted by molar-refractivity contribution is -0.125. The monoisotopic (exact) mass is 432 g/mol. The Morgan fingerprint density at radius 3 is 2.74 bits per heavy atom. The lowest BCUT2D eigenvalue weighted by Gasteiger charge is -2.31. The first-order valence-corrected chi connectivity index (χ1v) is 9.58. The van der Waals surface area contributed by atoms with Crippen molar-refractivity contribution in [3.63, 3.8) is 0 Å². The summed E-state index contributed by atoms with van der Waals surface area (Å²) >= 11 is 0. The lowest BCUT2D eigenvalue weighted by Crippen LogP contribution is -2.50. The molecule has 164 valence electrons. The first-order chi connectivity index (χ1) is 14.9. The fourth-order valence-electron chi connectivity index (χ4n) is 2.99. The normalized spacial score (nSPS) is 20.2. The summed E-state index contributed by atoms with van der Waals surface area (Å²) in [6.07, 6.45) is 3.42. The molecule has 3 rings (SSSR count). The summed E-state index contributed by atoms with van der Waals surface area (Å²) in [5.41, 5.74) is 0.399. The molecule has 1 aliphatic rings. The SMILES string of the molecule is O=C(C[C@H]1C=C[C@@H](NC(=O)Nc2cc(F)ccc2F)[C@H](CO)O1)NCc1ccccn1. The van der Waals surface area contributed by atoms with E-state index in [1.54, 1.807) is 30.5 Å². The number of aromatic nitrogens is 1. The third-order valence-electron chi connectivity index (χ3n) is 4.52. The Bertz CT molecular complexity index is 942. The van der Waals surface area contributed by atoms with Gasteiger partial charge in [-0.3, -0.25) is 9.78 Å². The highest BCUT2D eigenvalue weighted by Crippen LogP contribution is 2.18. The van der Waals surface area contributed by atoms with Crippen molar-refractivity contribution in [3.05, 3.63) is 72.1 Å². The molecule has 2 aromatic rings. The molecule has 0 unspecified atom stereocenters. The van der Waals surface area contributed by atoms with Gasteiger partial charge in [0.25, 0.3) is 0 Å². The van der Waals surface area contributed by atoms with Crippen molar-refractivity contribution < 1.29 is 28.2 Å². The van der Waals surface area contributed by atoms with Crippen LogP contribution < -0.4 is 16.0 Å². The highest BCUT2D eigenvalue weighted by Gasteiger charge is 2.29. The predicted octanol–water partition coefficient (Wildman–Crippen LogP) is 1.87. The van der Waals surface area contributed by atoms with Crippen molar-refractivity contribution in [3.8, 4) is 0 Å². The fourth-order valence-corrected chi connectivity index (χ4v) is 2.99. The van der Waals surface area contributed by atoms with Gasteiger partial charge in [0.05, 0.1) is 43.1 Å². The standard InChI is InChI=1S/C21H22F2N4O4/c22-13-4-6-16(23)18(9-13)27-21(30)26-17-7-5-15(31-19(17)12-28)10-20(29)25-11-14-3-1-2-8-24-14/h1-9,15,17,19,28H,10-12H2,(H,25,29)(H2,26,27,30)/t15-,17-,19+/m1/s1. The Morgan fingerprint density at radius 1 is 1.16 bits per heavy atom. The summed E-state index contributed by atoms with van der Waals surface area (Å²) in [7, 11) is 0. The van der Waals surface area contributed by atoms with Crippen LogP contribution in [0.3, 0.4) is 0 Å². The molecular weight excluding hydrogens is 410 g/mol. The van der Waals surface area contributed by atoms with Crippen LogP contribution in [-0.4, -0.2) is 46.9 Å². The number of ether oxygens (including phenoxy) is 1. The molecule has 3 atom stereocenters. The van der Waals surface area contributed by atoms with Crippen LogP contribution in [0.15, 0.2) is 54.7 Å². The Morgan fingerprint density at radius 2 is 2.00 bits per heavy atom. The number of aliphatic hydroxyl groups excluding tert-OH is 1. The van der Waals surface area contributed by atoms with Gasteiger partial charge in [0.1, 0.15) is 17.7 Å². The number of aliphatic hydroxyl groups is 1. The Kier molecular flexibility index (Phi) is 7.63. The maximum atomic E-state index is 13.7. The number of rotatable bonds is 7. The van der Waals surface area contributed by atoms with Crippen molar-refractivity contribution >= 4 is 17.6 Å². The number of carbonyl (C=O) groups is 2. The molecule has 0 radical (unpaired) electrons. The fraction of sp³-hybridized carbons (Fsp3) is 0.286. The quantitative estimate of drug-likeness (QED) is 0.499. The van der Waals surface area contributed by atoms with Gasteiger partial charge in [0, 0.05) is 12.3 Å². The number of hydrogen-bond donors (Lipinski definition) is 4. The molecule has 8 nitrogen and oxygen atoms in total. The Labute approximate surface area is 177 Å². The second kappa shape index (κ2) is 10.6. The Balaban J connectivity index is 1.51. The zero-order valence-corrected chi connectivity index (χ0v) is 16.4. The van der Waals surface area contributed by atoms with E-state index in [1.165, 1.54) is 0 Å². The van der Waals surface area contributed by atoms with Crippen LogP contribution in [0.4, 0.5) is 19.3 Å². The lowest BCUT2D eigenvalue weighted by atomic mass is 10.0. The summed E-state index contributed by atoms with van der Waals surface area (Å²) < 4.78 is 32.6. The minimum Gasteiger partial charge on any atom is -0.394 e. The summed E-state index contributed by atoms with van der Waals surface area (Å²) in [5, 5.41) is 17.1. The maximum absolute atomic E-state index is 13.7. The third kappa shape index (κ3) is 6.56. The van der Waals surface area contributed by atoms with Gasteiger partial charge in [0.2, 0.25) is 5.91 Å². The zero-order chi connectivity index (χ0) is 22.2. The van der Waals surface area contributed by atoms with E-state index in [1.807, 2.05) is 6.07 Å². The summed E-state index contributed by atoms with van der Waals surface area (Å²) in [6.45, 7) is -0.143. The number of amides is 3. The molecule has 10 heteroatoms. The van der Waals surface area contributed by atoms with E-state index in [4.69, 9.17) is 4.74 Å².